The summed E-state index contributed by atoms with van der Waals surface area (Å²) in [6, 6.07) is 12.6. The summed E-state index contributed by atoms with van der Waals surface area (Å²) in [6.07, 6.45) is 1.60. The third-order valence-electron chi connectivity index (χ3n) is 3.81. The normalized spacial score (nSPS) is 11.9. The van der Waals surface area contributed by atoms with Gasteiger partial charge in [-0.05, 0) is 30.3 Å². The van der Waals surface area contributed by atoms with Gasteiger partial charge in [0.25, 0.3) is 0 Å². The van der Waals surface area contributed by atoms with E-state index in [2.05, 4.69) is 10.1 Å². The maximum Gasteiger partial charge on any atom is 0.205 e. The van der Waals surface area contributed by atoms with Crippen molar-refractivity contribution in [1.82, 2.24) is 4.68 Å². The van der Waals surface area contributed by atoms with Crippen molar-refractivity contribution in [3.8, 4) is 28.5 Å². The summed E-state index contributed by atoms with van der Waals surface area (Å²) in [5.41, 5.74) is 2.28. The highest BCUT2D eigenvalue weighted by atomic mass is 32.1. The molecule has 3 aromatic rings. The molecule has 0 unspecified atom stereocenters. The average Bonchev–Trinajstić information content (AvgIpc) is 3.09. The minimum Gasteiger partial charge on any atom is -0.507 e. The molecule has 0 radical (unpaired) electrons. The molecular formula is C19H19N3O3S. The van der Waals surface area contributed by atoms with Gasteiger partial charge >= 0.3 is 0 Å². The predicted octanol–water partition coefficient (Wildman–Crippen LogP) is 3.35. The van der Waals surface area contributed by atoms with Gasteiger partial charge in [-0.15, -0.1) is 11.3 Å². The number of methoxy groups -OCH3 is 2. The molecule has 0 aliphatic heterocycles. The van der Waals surface area contributed by atoms with Crippen molar-refractivity contribution < 1.29 is 14.6 Å². The number of aromatic nitrogens is 1. The van der Waals surface area contributed by atoms with Gasteiger partial charge in [0.05, 0.1) is 26.1 Å². The summed E-state index contributed by atoms with van der Waals surface area (Å²) in [5, 5.41) is 16.4. The molecule has 1 heterocycles. The van der Waals surface area contributed by atoms with Crippen molar-refractivity contribution in [3.63, 3.8) is 0 Å². The van der Waals surface area contributed by atoms with E-state index in [0.29, 0.717) is 11.3 Å². The number of rotatable bonds is 5. The van der Waals surface area contributed by atoms with E-state index in [1.807, 2.05) is 29.6 Å². The van der Waals surface area contributed by atoms with Crippen LogP contribution in [0.25, 0.3) is 11.3 Å². The summed E-state index contributed by atoms with van der Waals surface area (Å²) in [4.78, 5) is 5.00. The highest BCUT2D eigenvalue weighted by molar-refractivity contribution is 7.07. The molecule has 1 aromatic heterocycles. The van der Waals surface area contributed by atoms with Gasteiger partial charge in [-0.3, -0.25) is 4.99 Å². The monoisotopic (exact) mass is 369 g/mol. The van der Waals surface area contributed by atoms with Crippen LogP contribution in [-0.2, 0) is 0 Å². The lowest BCUT2D eigenvalue weighted by Gasteiger charge is -2.11. The number of ether oxygens (including phenoxy) is 2. The smallest absolute Gasteiger partial charge is 0.205 e. The fraction of sp³-hybridized carbons (Fsp3) is 0.158. The van der Waals surface area contributed by atoms with Crippen LogP contribution in [0.2, 0.25) is 0 Å². The van der Waals surface area contributed by atoms with Crippen molar-refractivity contribution in [2.75, 3.05) is 21.3 Å². The molecule has 0 saturated heterocycles. The Morgan fingerprint density at radius 2 is 1.92 bits per heavy atom. The predicted molar refractivity (Wildman–Crippen MR) is 103 cm³/mol. The van der Waals surface area contributed by atoms with Gasteiger partial charge in [-0.2, -0.15) is 5.10 Å². The molecule has 26 heavy (non-hydrogen) atoms. The standard InChI is InChI=1S/C19H19N3O3S/c1-20-19-22(21-11-13-6-4-5-7-17(13)23)16(12-26-19)15-10-14(24-2)8-9-18(15)25-3/h4-12,23H,1-3H3. The first-order chi connectivity index (χ1) is 12.7. The van der Waals surface area contributed by atoms with Crippen LogP contribution in [0, 0.1) is 0 Å². The fourth-order valence-electron chi connectivity index (χ4n) is 2.48. The van der Waals surface area contributed by atoms with Gasteiger partial charge in [0.15, 0.2) is 0 Å². The van der Waals surface area contributed by atoms with Crippen molar-refractivity contribution >= 4 is 17.6 Å². The van der Waals surface area contributed by atoms with Crippen LogP contribution in [0.1, 0.15) is 5.56 Å². The van der Waals surface area contributed by atoms with Crippen LogP contribution in [0.3, 0.4) is 0 Å². The van der Waals surface area contributed by atoms with Crippen LogP contribution < -0.4 is 14.3 Å². The second-order valence-corrected chi connectivity index (χ2v) is 6.15. The van der Waals surface area contributed by atoms with Gasteiger partial charge in [0.1, 0.15) is 17.2 Å². The highest BCUT2D eigenvalue weighted by Gasteiger charge is 2.14. The molecule has 134 valence electrons. The van der Waals surface area contributed by atoms with Crippen molar-refractivity contribution in [2.24, 2.45) is 10.1 Å². The molecule has 0 aliphatic carbocycles. The Kier molecular flexibility index (Phi) is 5.38. The number of thiazole rings is 1. The molecule has 6 nitrogen and oxygen atoms in total. The van der Waals surface area contributed by atoms with Gasteiger partial charge < -0.3 is 14.6 Å². The van der Waals surface area contributed by atoms with E-state index in [9.17, 15) is 5.11 Å². The Labute approximate surface area is 155 Å². The van der Waals surface area contributed by atoms with Crippen LogP contribution in [0.4, 0.5) is 0 Å². The number of para-hydroxylation sites is 1. The second-order valence-electron chi connectivity index (χ2n) is 5.31. The second kappa shape index (κ2) is 7.88. The SMILES string of the molecule is CN=c1scc(-c2cc(OC)ccc2OC)n1N=Cc1ccccc1O. The molecule has 0 bridgehead atoms. The lowest BCUT2D eigenvalue weighted by atomic mass is 10.1. The molecule has 0 saturated carbocycles. The van der Waals surface area contributed by atoms with E-state index in [4.69, 9.17) is 9.47 Å². The maximum atomic E-state index is 9.94. The zero-order valence-corrected chi connectivity index (χ0v) is 15.5. The van der Waals surface area contributed by atoms with E-state index in [1.54, 1.807) is 50.4 Å². The van der Waals surface area contributed by atoms with E-state index in [1.165, 1.54) is 11.3 Å². The number of phenols is 1. The first-order valence-electron chi connectivity index (χ1n) is 7.86. The highest BCUT2D eigenvalue weighted by Crippen LogP contribution is 2.33. The van der Waals surface area contributed by atoms with Gasteiger partial charge in [0.2, 0.25) is 4.80 Å². The van der Waals surface area contributed by atoms with Crippen LogP contribution in [0.5, 0.6) is 17.2 Å². The van der Waals surface area contributed by atoms with Crippen molar-refractivity contribution in [1.29, 1.82) is 0 Å². The molecule has 1 N–H and O–H groups in total. The minimum atomic E-state index is 0.169. The quantitative estimate of drug-likeness (QED) is 0.701. The Morgan fingerprint density at radius 3 is 2.62 bits per heavy atom. The topological polar surface area (TPSA) is 68.3 Å². The molecule has 0 spiro atoms. The summed E-state index contributed by atoms with van der Waals surface area (Å²) < 4.78 is 12.5. The molecule has 0 fully saturated rings. The summed E-state index contributed by atoms with van der Waals surface area (Å²) >= 11 is 1.47. The minimum absolute atomic E-state index is 0.169. The Hall–Kier alpha value is -3.06. The van der Waals surface area contributed by atoms with Gasteiger partial charge in [-0.25, -0.2) is 4.68 Å². The lowest BCUT2D eigenvalue weighted by molar-refractivity contribution is 0.404. The lowest BCUT2D eigenvalue weighted by Crippen LogP contribution is -2.11. The average molecular weight is 369 g/mol. The third-order valence-corrected chi connectivity index (χ3v) is 4.72. The maximum absolute atomic E-state index is 9.94. The largest absolute Gasteiger partial charge is 0.507 e. The molecule has 3 rings (SSSR count). The summed E-state index contributed by atoms with van der Waals surface area (Å²) in [6.45, 7) is 0. The number of phenolic OH excluding ortho intramolecular Hbond substituents is 1. The molecule has 0 aliphatic rings. The Morgan fingerprint density at radius 1 is 1.12 bits per heavy atom. The Bertz CT molecular complexity index is 1010. The number of nitrogens with zero attached hydrogens (tertiary/aromatic N) is 3. The van der Waals surface area contributed by atoms with Crippen LogP contribution >= 0.6 is 11.3 Å². The number of benzene rings is 2. The summed E-state index contributed by atoms with van der Waals surface area (Å²) in [7, 11) is 4.96. The van der Waals surface area contributed by atoms with E-state index >= 15 is 0 Å². The first-order valence-corrected chi connectivity index (χ1v) is 8.74. The fourth-order valence-corrected chi connectivity index (χ4v) is 3.27. The van der Waals surface area contributed by atoms with E-state index in [-0.39, 0.29) is 5.75 Å². The van der Waals surface area contributed by atoms with Crippen molar-refractivity contribution in [3.05, 3.63) is 58.2 Å². The number of hydrogen-bond acceptors (Lipinski definition) is 6. The zero-order valence-electron chi connectivity index (χ0n) is 14.7. The van der Waals surface area contributed by atoms with Crippen LogP contribution in [0.15, 0.2) is 57.9 Å². The van der Waals surface area contributed by atoms with E-state index < -0.39 is 0 Å². The van der Waals surface area contributed by atoms with E-state index in [0.717, 1.165) is 21.8 Å². The summed E-state index contributed by atoms with van der Waals surface area (Å²) in [5.74, 6) is 1.60. The van der Waals surface area contributed by atoms with Crippen LogP contribution in [-0.4, -0.2) is 37.3 Å². The number of aromatic hydroxyl groups is 1. The molecular weight excluding hydrogens is 350 g/mol. The Balaban J connectivity index is 2.14. The molecule has 0 amide bonds. The zero-order chi connectivity index (χ0) is 18.5. The number of hydrogen-bond donors (Lipinski definition) is 1. The third kappa shape index (κ3) is 3.48. The van der Waals surface area contributed by atoms with Gasteiger partial charge in [-0.1, -0.05) is 12.1 Å². The van der Waals surface area contributed by atoms with Crippen molar-refractivity contribution in [2.45, 2.75) is 0 Å². The van der Waals surface area contributed by atoms with Gasteiger partial charge in [0, 0.05) is 23.6 Å². The molecule has 0 atom stereocenters. The molecule has 2 aromatic carbocycles. The molecule has 7 heteroatoms. The first kappa shape index (κ1) is 17.8.